The number of amides is 1. The summed E-state index contributed by atoms with van der Waals surface area (Å²) in [5.41, 5.74) is -0.826. The number of rotatable bonds is 8. The minimum absolute atomic E-state index is 0.00131. The number of Topliss-reactive ketones (excluding diaryl/α,β-unsaturated/α-hetero) is 1. The Balaban J connectivity index is 1.65. The van der Waals surface area contributed by atoms with E-state index in [1.807, 2.05) is 30.3 Å². The first kappa shape index (κ1) is 23.4. The molecule has 0 spiro atoms. The van der Waals surface area contributed by atoms with Crippen LogP contribution in [0.2, 0.25) is 5.02 Å². The van der Waals surface area contributed by atoms with Crippen molar-refractivity contribution in [2.45, 2.75) is 18.4 Å². The summed E-state index contributed by atoms with van der Waals surface area (Å²) in [7, 11) is 1.29. The van der Waals surface area contributed by atoms with Crippen molar-refractivity contribution in [3.05, 3.63) is 98.6 Å². The summed E-state index contributed by atoms with van der Waals surface area (Å²) in [6.45, 7) is 0.294. The number of nitro groups is 1. The minimum atomic E-state index is -2.15. The summed E-state index contributed by atoms with van der Waals surface area (Å²) < 4.78 is 4.97. The summed E-state index contributed by atoms with van der Waals surface area (Å²) in [5.74, 6) is -1.27. The van der Waals surface area contributed by atoms with E-state index in [9.17, 15) is 24.8 Å². The fourth-order valence-electron chi connectivity index (χ4n) is 4.14. The number of aliphatic hydroxyl groups is 1. The van der Waals surface area contributed by atoms with E-state index in [0.717, 1.165) is 11.6 Å². The average molecular weight is 481 g/mol. The van der Waals surface area contributed by atoms with Gasteiger partial charge in [0.15, 0.2) is 17.1 Å². The number of fused-ring (bicyclic) bond motifs is 1. The highest BCUT2D eigenvalue weighted by Crippen LogP contribution is 2.44. The number of carbonyl (C=O) groups is 2. The van der Waals surface area contributed by atoms with Crippen LogP contribution >= 0.6 is 11.6 Å². The van der Waals surface area contributed by atoms with Crippen molar-refractivity contribution in [2.24, 2.45) is 0 Å². The molecule has 1 atom stereocenters. The molecule has 3 aromatic carbocycles. The van der Waals surface area contributed by atoms with Gasteiger partial charge in [0.2, 0.25) is 0 Å². The number of benzene rings is 3. The van der Waals surface area contributed by atoms with Gasteiger partial charge < -0.3 is 14.7 Å². The lowest BCUT2D eigenvalue weighted by Gasteiger charge is -2.23. The van der Waals surface area contributed by atoms with E-state index in [1.54, 1.807) is 12.1 Å². The first-order valence-electron chi connectivity index (χ1n) is 10.5. The number of nitrogens with zero attached hydrogens (tertiary/aromatic N) is 2. The van der Waals surface area contributed by atoms with Gasteiger partial charge in [-0.05, 0) is 42.3 Å². The van der Waals surface area contributed by atoms with Crippen LogP contribution in [0, 0.1) is 10.1 Å². The number of nitro benzene ring substituents is 1. The molecule has 8 nitrogen and oxygen atoms in total. The zero-order valence-corrected chi connectivity index (χ0v) is 19.0. The molecule has 0 fully saturated rings. The third kappa shape index (κ3) is 4.25. The van der Waals surface area contributed by atoms with Crippen molar-refractivity contribution in [3.8, 4) is 5.75 Å². The van der Waals surface area contributed by atoms with E-state index < -0.39 is 28.6 Å². The lowest BCUT2D eigenvalue weighted by atomic mass is 9.88. The van der Waals surface area contributed by atoms with E-state index in [-0.39, 0.29) is 22.6 Å². The van der Waals surface area contributed by atoms with Crippen LogP contribution in [0.4, 0.5) is 11.4 Å². The monoisotopic (exact) mass is 480 g/mol. The molecule has 0 unspecified atom stereocenters. The number of anilines is 1. The number of halogens is 1. The average Bonchev–Trinajstić information content (AvgIpc) is 3.03. The number of ether oxygens (including phenoxy) is 1. The Morgan fingerprint density at radius 3 is 2.56 bits per heavy atom. The molecule has 0 saturated carbocycles. The smallest absolute Gasteiger partial charge is 0.311 e. The first-order valence-corrected chi connectivity index (χ1v) is 10.9. The van der Waals surface area contributed by atoms with Gasteiger partial charge in [0.1, 0.15) is 0 Å². The number of hydrogen-bond donors (Lipinski definition) is 1. The largest absolute Gasteiger partial charge is 0.490 e. The second kappa shape index (κ2) is 9.24. The molecule has 34 heavy (non-hydrogen) atoms. The molecule has 3 aromatic rings. The van der Waals surface area contributed by atoms with E-state index in [4.69, 9.17) is 16.3 Å². The molecule has 0 aromatic heterocycles. The molecule has 0 radical (unpaired) electrons. The second-order valence-corrected chi connectivity index (χ2v) is 8.39. The number of hydrogen-bond acceptors (Lipinski definition) is 6. The third-order valence-corrected chi connectivity index (χ3v) is 6.11. The maximum Gasteiger partial charge on any atom is 0.311 e. The number of ketones is 1. The van der Waals surface area contributed by atoms with Crippen LogP contribution in [-0.4, -0.2) is 35.4 Å². The number of carbonyl (C=O) groups excluding carboxylic acids is 2. The predicted octanol–water partition coefficient (Wildman–Crippen LogP) is 4.31. The summed E-state index contributed by atoms with van der Waals surface area (Å²) in [5, 5.41) is 23.1. The van der Waals surface area contributed by atoms with Crippen LogP contribution in [0.1, 0.15) is 27.9 Å². The van der Waals surface area contributed by atoms with Crippen LogP contribution in [0.5, 0.6) is 5.75 Å². The molecular weight excluding hydrogens is 460 g/mol. The van der Waals surface area contributed by atoms with Crippen molar-refractivity contribution < 1.29 is 24.4 Å². The first-order chi connectivity index (χ1) is 16.2. The Bertz CT molecular complexity index is 1280. The van der Waals surface area contributed by atoms with E-state index >= 15 is 0 Å². The zero-order chi connectivity index (χ0) is 24.5. The topological polar surface area (TPSA) is 110 Å². The quantitative estimate of drug-likeness (QED) is 0.292. The zero-order valence-electron chi connectivity index (χ0n) is 18.2. The highest BCUT2D eigenvalue weighted by atomic mass is 35.5. The Morgan fingerprint density at radius 1 is 1.15 bits per heavy atom. The van der Waals surface area contributed by atoms with Crippen LogP contribution < -0.4 is 9.64 Å². The fourth-order valence-corrected chi connectivity index (χ4v) is 4.31. The summed E-state index contributed by atoms with van der Waals surface area (Å²) in [6, 6.07) is 18.1. The van der Waals surface area contributed by atoms with Crippen LogP contribution in [0.15, 0.2) is 66.7 Å². The van der Waals surface area contributed by atoms with Gasteiger partial charge in [-0.15, -0.1) is 0 Å². The molecule has 174 valence electrons. The SMILES string of the molecule is COc1ccc(C(=O)C[C@@]2(O)C(=O)N(CCc3ccccc3)c3ccc(Cl)cc32)cc1[N+](=O)[O-]. The Labute approximate surface area is 200 Å². The van der Waals surface area contributed by atoms with Crippen molar-refractivity contribution in [3.63, 3.8) is 0 Å². The van der Waals surface area contributed by atoms with Gasteiger partial charge in [0.25, 0.3) is 5.91 Å². The molecule has 0 aliphatic carbocycles. The van der Waals surface area contributed by atoms with Gasteiger partial charge in [0.05, 0.1) is 24.1 Å². The Kier molecular flexibility index (Phi) is 6.37. The van der Waals surface area contributed by atoms with Gasteiger partial charge in [-0.25, -0.2) is 0 Å². The highest BCUT2D eigenvalue weighted by molar-refractivity contribution is 6.31. The summed E-state index contributed by atoms with van der Waals surface area (Å²) in [6.07, 6.45) is -0.0478. The van der Waals surface area contributed by atoms with Crippen molar-refractivity contribution in [1.29, 1.82) is 0 Å². The highest BCUT2D eigenvalue weighted by Gasteiger charge is 2.51. The minimum Gasteiger partial charge on any atom is -0.490 e. The summed E-state index contributed by atoms with van der Waals surface area (Å²) in [4.78, 5) is 38.6. The van der Waals surface area contributed by atoms with Gasteiger partial charge in [0, 0.05) is 28.8 Å². The van der Waals surface area contributed by atoms with Gasteiger partial charge in [-0.3, -0.25) is 19.7 Å². The van der Waals surface area contributed by atoms with Crippen LogP contribution in [-0.2, 0) is 16.8 Å². The third-order valence-electron chi connectivity index (χ3n) is 5.87. The molecule has 1 N–H and O–H groups in total. The van der Waals surface area contributed by atoms with Crippen molar-refractivity contribution >= 4 is 34.7 Å². The molecule has 1 amide bonds. The molecule has 0 bridgehead atoms. The standard InChI is InChI=1S/C25H21ClN2O6/c1-34-23-10-7-17(13-21(23)28(32)33)22(29)15-25(31)19-14-18(26)8-9-20(19)27(24(25)30)12-11-16-5-3-2-4-6-16/h2-10,13-14,31H,11-12,15H2,1H3/t25-/m0/s1. The van der Waals surface area contributed by atoms with Crippen LogP contribution in [0.3, 0.4) is 0 Å². The molecule has 1 aliphatic heterocycles. The molecule has 1 heterocycles. The molecule has 4 rings (SSSR count). The maximum atomic E-state index is 13.4. The predicted molar refractivity (Wildman–Crippen MR) is 126 cm³/mol. The lowest BCUT2D eigenvalue weighted by molar-refractivity contribution is -0.385. The van der Waals surface area contributed by atoms with Crippen LogP contribution in [0.25, 0.3) is 0 Å². The fraction of sp³-hybridized carbons (Fsp3) is 0.200. The van der Waals surface area contributed by atoms with Gasteiger partial charge in [-0.2, -0.15) is 0 Å². The maximum absolute atomic E-state index is 13.4. The molecule has 9 heteroatoms. The van der Waals surface area contributed by atoms with Crippen molar-refractivity contribution in [2.75, 3.05) is 18.6 Å². The Hall–Kier alpha value is -3.75. The normalized spacial score (nSPS) is 16.9. The van der Waals surface area contributed by atoms with Gasteiger partial charge >= 0.3 is 5.69 Å². The second-order valence-electron chi connectivity index (χ2n) is 7.96. The molecular formula is C25H21ClN2O6. The number of methoxy groups -OCH3 is 1. The summed E-state index contributed by atoms with van der Waals surface area (Å²) >= 11 is 6.15. The molecule has 1 aliphatic rings. The van der Waals surface area contributed by atoms with E-state index in [0.29, 0.717) is 23.7 Å². The molecule has 0 saturated heterocycles. The van der Waals surface area contributed by atoms with Crippen molar-refractivity contribution in [1.82, 2.24) is 0 Å². The van der Waals surface area contributed by atoms with E-state index in [1.165, 1.54) is 30.2 Å². The van der Waals surface area contributed by atoms with Gasteiger partial charge in [-0.1, -0.05) is 41.9 Å². The Morgan fingerprint density at radius 2 is 1.88 bits per heavy atom. The lowest BCUT2D eigenvalue weighted by Crippen LogP contribution is -2.42. The van der Waals surface area contributed by atoms with E-state index in [2.05, 4.69) is 0 Å².